The van der Waals surface area contributed by atoms with Gasteiger partial charge in [0.1, 0.15) is 11.5 Å². The van der Waals surface area contributed by atoms with Crippen molar-refractivity contribution in [1.82, 2.24) is 0 Å². The molecule has 0 amide bonds. The Bertz CT molecular complexity index is 1480. The minimum Gasteiger partial charge on any atom is -0.493 e. The number of methoxy groups -OCH3 is 1. The number of hydrogen-bond donors (Lipinski definition) is 0. The molecule has 0 spiro atoms. The van der Waals surface area contributed by atoms with E-state index in [0.717, 1.165) is 29.2 Å². The first-order chi connectivity index (χ1) is 18.0. The lowest BCUT2D eigenvalue weighted by Gasteiger charge is -2.36. The average Bonchev–Trinajstić information content (AvgIpc) is 2.92. The van der Waals surface area contributed by atoms with Crippen molar-refractivity contribution in [3.63, 3.8) is 0 Å². The van der Waals surface area contributed by atoms with Gasteiger partial charge in [-0.3, -0.25) is 9.59 Å². The smallest absolute Gasteiger partial charge is 0.344 e. The summed E-state index contributed by atoms with van der Waals surface area (Å²) in [4.78, 5) is 39.2. The largest absolute Gasteiger partial charge is 0.493 e. The molecule has 0 saturated heterocycles. The number of rotatable bonds is 4. The Hall–Kier alpha value is -4.19. The summed E-state index contributed by atoms with van der Waals surface area (Å²) in [5, 5.41) is 1.75. The Labute approximate surface area is 214 Å². The molecule has 6 heteroatoms. The molecule has 0 saturated carbocycles. The van der Waals surface area contributed by atoms with Crippen LogP contribution < -0.4 is 9.47 Å². The minimum absolute atomic E-state index is 0.0154. The van der Waals surface area contributed by atoms with E-state index in [1.54, 1.807) is 18.2 Å². The first kappa shape index (κ1) is 23.2. The Morgan fingerprint density at radius 3 is 2.19 bits per heavy atom. The minimum atomic E-state index is -0.504. The molecule has 37 heavy (non-hydrogen) atoms. The fraction of sp³-hybridized carbons (Fsp3) is 0.258. The third-order valence-electron chi connectivity index (χ3n) is 7.37. The standard InChI is InChI=1S/C31H26O6/c1-35-27-17-19(15-16-24(27)37-31(34)21-10-4-8-18-7-2-3-9-20(18)21)28-29-22(32)11-5-13-25(29)36-26-14-6-12-23(33)30(26)28/h2-4,7-10,15-17,28H,5-6,11-14H2,1H3. The molecule has 6 nitrogen and oxygen atoms in total. The number of fused-ring (bicyclic) bond motifs is 1. The highest BCUT2D eigenvalue weighted by Crippen LogP contribution is 2.48. The Balaban J connectivity index is 1.39. The molecular weight excluding hydrogens is 468 g/mol. The van der Waals surface area contributed by atoms with Crippen molar-refractivity contribution < 1.29 is 28.6 Å². The highest BCUT2D eigenvalue weighted by Gasteiger charge is 2.42. The zero-order valence-corrected chi connectivity index (χ0v) is 20.5. The zero-order valence-electron chi connectivity index (χ0n) is 20.5. The summed E-state index contributed by atoms with van der Waals surface area (Å²) in [6.07, 6.45) is 3.72. The van der Waals surface area contributed by atoms with Crippen molar-refractivity contribution in [2.75, 3.05) is 7.11 Å². The first-order valence-electron chi connectivity index (χ1n) is 12.6. The maximum Gasteiger partial charge on any atom is 0.344 e. The summed E-state index contributed by atoms with van der Waals surface area (Å²) in [5.74, 6) is 1.02. The van der Waals surface area contributed by atoms with Crippen LogP contribution in [0.15, 0.2) is 83.3 Å². The molecular formula is C31H26O6. The topological polar surface area (TPSA) is 78.9 Å². The third-order valence-corrected chi connectivity index (χ3v) is 7.37. The van der Waals surface area contributed by atoms with Crippen LogP contribution in [0.1, 0.15) is 60.4 Å². The molecule has 0 bridgehead atoms. The van der Waals surface area contributed by atoms with E-state index in [-0.39, 0.29) is 17.3 Å². The lowest BCUT2D eigenvalue weighted by atomic mass is 9.73. The van der Waals surface area contributed by atoms with Crippen LogP contribution in [0.4, 0.5) is 0 Å². The number of esters is 1. The number of Topliss-reactive ketones (excluding diaryl/α,β-unsaturated/α-hetero) is 2. The van der Waals surface area contributed by atoms with Gasteiger partial charge in [0.15, 0.2) is 23.1 Å². The van der Waals surface area contributed by atoms with Gasteiger partial charge >= 0.3 is 5.97 Å². The van der Waals surface area contributed by atoms with Gasteiger partial charge in [0.25, 0.3) is 0 Å². The summed E-state index contributed by atoms with van der Waals surface area (Å²) in [6, 6.07) is 18.4. The van der Waals surface area contributed by atoms with Crippen molar-refractivity contribution in [2.45, 2.75) is 44.4 Å². The second-order valence-electron chi connectivity index (χ2n) is 9.59. The van der Waals surface area contributed by atoms with Gasteiger partial charge in [-0.1, -0.05) is 42.5 Å². The van der Waals surface area contributed by atoms with E-state index in [4.69, 9.17) is 14.2 Å². The maximum absolute atomic E-state index is 13.1. The number of ketones is 2. The summed E-state index contributed by atoms with van der Waals surface area (Å²) in [7, 11) is 1.51. The van der Waals surface area contributed by atoms with Crippen LogP contribution in [0.3, 0.4) is 0 Å². The van der Waals surface area contributed by atoms with Gasteiger partial charge in [-0.25, -0.2) is 4.79 Å². The van der Waals surface area contributed by atoms with Crippen molar-refractivity contribution in [3.8, 4) is 11.5 Å². The molecule has 3 aromatic rings. The summed E-state index contributed by atoms with van der Waals surface area (Å²) >= 11 is 0. The lowest BCUT2D eigenvalue weighted by molar-refractivity contribution is -0.117. The predicted octanol–water partition coefficient (Wildman–Crippen LogP) is 6.20. The quantitative estimate of drug-likeness (QED) is 0.318. The summed E-state index contributed by atoms with van der Waals surface area (Å²) < 4.78 is 17.5. The van der Waals surface area contributed by atoms with Crippen molar-refractivity contribution in [2.24, 2.45) is 0 Å². The van der Waals surface area contributed by atoms with E-state index in [1.165, 1.54) is 7.11 Å². The SMILES string of the molecule is COc1cc(C2C3=C(CCCC3=O)OC3=C2C(=O)CCC3)ccc1OC(=O)c1cccc2ccccc12. The third kappa shape index (κ3) is 4.02. The van der Waals surface area contributed by atoms with Crippen LogP contribution >= 0.6 is 0 Å². The van der Waals surface area contributed by atoms with Gasteiger partial charge in [-0.15, -0.1) is 0 Å². The number of allylic oxidation sites excluding steroid dienone is 4. The first-order valence-corrected chi connectivity index (χ1v) is 12.6. The molecule has 2 aliphatic carbocycles. The fourth-order valence-electron chi connectivity index (χ4n) is 5.66. The second-order valence-corrected chi connectivity index (χ2v) is 9.59. The number of carbonyl (C=O) groups is 3. The monoisotopic (exact) mass is 494 g/mol. The van der Waals surface area contributed by atoms with Gasteiger partial charge in [-0.05, 0) is 47.4 Å². The van der Waals surface area contributed by atoms with Crippen LogP contribution in [-0.4, -0.2) is 24.6 Å². The normalized spacial score (nSPS) is 17.9. The number of carbonyl (C=O) groups excluding carboxylic acids is 3. The van der Waals surface area contributed by atoms with E-state index in [0.29, 0.717) is 59.7 Å². The van der Waals surface area contributed by atoms with Crippen LogP contribution in [0.5, 0.6) is 11.5 Å². The molecule has 1 heterocycles. The van der Waals surface area contributed by atoms with Gasteiger partial charge in [0, 0.05) is 42.7 Å². The molecule has 0 fully saturated rings. The molecule has 1 aliphatic heterocycles. The number of hydrogen-bond acceptors (Lipinski definition) is 6. The van der Waals surface area contributed by atoms with E-state index in [9.17, 15) is 14.4 Å². The Morgan fingerprint density at radius 2 is 1.49 bits per heavy atom. The van der Waals surface area contributed by atoms with Gasteiger partial charge in [0.2, 0.25) is 0 Å². The Morgan fingerprint density at radius 1 is 0.811 bits per heavy atom. The number of ether oxygens (including phenoxy) is 3. The van der Waals surface area contributed by atoms with Crippen LogP contribution in [0.25, 0.3) is 10.8 Å². The van der Waals surface area contributed by atoms with Crippen LogP contribution in [-0.2, 0) is 14.3 Å². The Kier molecular flexibility index (Phi) is 5.87. The van der Waals surface area contributed by atoms with Crippen LogP contribution in [0, 0.1) is 0 Å². The van der Waals surface area contributed by atoms with E-state index >= 15 is 0 Å². The van der Waals surface area contributed by atoms with Gasteiger partial charge < -0.3 is 14.2 Å². The second kappa shape index (κ2) is 9.36. The van der Waals surface area contributed by atoms with Crippen molar-refractivity contribution in [1.29, 1.82) is 0 Å². The van der Waals surface area contributed by atoms with Crippen molar-refractivity contribution >= 4 is 28.3 Å². The molecule has 3 aromatic carbocycles. The molecule has 0 unspecified atom stereocenters. The molecule has 3 aliphatic rings. The van der Waals surface area contributed by atoms with Crippen molar-refractivity contribution in [3.05, 3.63) is 94.5 Å². The number of benzene rings is 3. The maximum atomic E-state index is 13.1. The molecule has 0 radical (unpaired) electrons. The molecule has 186 valence electrons. The van der Waals surface area contributed by atoms with Crippen LogP contribution in [0.2, 0.25) is 0 Å². The lowest BCUT2D eigenvalue weighted by Crippen LogP contribution is -2.30. The van der Waals surface area contributed by atoms with Gasteiger partial charge in [0.05, 0.1) is 12.7 Å². The van der Waals surface area contributed by atoms with E-state index < -0.39 is 11.9 Å². The highest BCUT2D eigenvalue weighted by atomic mass is 16.6. The zero-order chi connectivity index (χ0) is 25.5. The van der Waals surface area contributed by atoms with Gasteiger partial charge in [-0.2, -0.15) is 0 Å². The molecule has 0 atom stereocenters. The van der Waals surface area contributed by atoms with E-state index in [1.807, 2.05) is 42.5 Å². The fourth-order valence-corrected chi connectivity index (χ4v) is 5.66. The summed E-state index contributed by atoms with van der Waals surface area (Å²) in [6.45, 7) is 0. The highest BCUT2D eigenvalue weighted by molar-refractivity contribution is 6.06. The predicted molar refractivity (Wildman–Crippen MR) is 137 cm³/mol. The average molecular weight is 495 g/mol. The molecule has 6 rings (SSSR count). The van der Waals surface area contributed by atoms with E-state index in [2.05, 4.69) is 0 Å². The molecule has 0 N–H and O–H groups in total. The summed E-state index contributed by atoms with van der Waals surface area (Å²) in [5.41, 5.74) is 2.35. The molecule has 0 aromatic heterocycles.